The predicted molar refractivity (Wildman–Crippen MR) is 56.5 cm³/mol. The molecule has 1 aromatic heterocycles. The Morgan fingerprint density at radius 2 is 2.27 bits per heavy atom. The van der Waals surface area contributed by atoms with Gasteiger partial charge in [-0.05, 0) is 13.0 Å². The molecule has 0 saturated carbocycles. The second-order valence-electron chi connectivity index (χ2n) is 3.40. The number of aromatic nitrogens is 2. The third-order valence-corrected chi connectivity index (χ3v) is 2.19. The Morgan fingerprint density at radius 3 is 2.87 bits per heavy atom. The van der Waals surface area contributed by atoms with Gasteiger partial charge in [-0.1, -0.05) is 19.0 Å². The normalized spacial score (nSPS) is 13.0. The molecule has 0 saturated heterocycles. The van der Waals surface area contributed by atoms with Crippen molar-refractivity contribution in [3.8, 4) is 0 Å². The van der Waals surface area contributed by atoms with Crippen molar-refractivity contribution < 1.29 is 9.26 Å². The Hall–Kier alpha value is -0.940. The van der Waals surface area contributed by atoms with E-state index in [1.807, 2.05) is 0 Å². The molecule has 1 aromatic rings. The third kappa shape index (κ3) is 3.97. The van der Waals surface area contributed by atoms with Crippen molar-refractivity contribution in [3.63, 3.8) is 0 Å². The summed E-state index contributed by atoms with van der Waals surface area (Å²) >= 11 is 0. The Balaban J connectivity index is 2.47. The van der Waals surface area contributed by atoms with Crippen LogP contribution in [0.1, 0.15) is 32.0 Å². The van der Waals surface area contributed by atoms with Crippen molar-refractivity contribution in [3.05, 3.63) is 11.7 Å². The van der Waals surface area contributed by atoms with Crippen molar-refractivity contribution in [1.29, 1.82) is 0 Å². The van der Waals surface area contributed by atoms with Gasteiger partial charge >= 0.3 is 0 Å². The first-order valence-electron chi connectivity index (χ1n) is 5.33. The molecule has 1 rings (SSSR count). The van der Waals surface area contributed by atoms with Crippen LogP contribution in [0.3, 0.4) is 0 Å². The Kier molecular flexibility index (Phi) is 5.28. The number of likely N-dealkylation sites (N-methyl/N-ethyl adjacent to an activating group) is 1. The van der Waals surface area contributed by atoms with E-state index in [9.17, 15) is 0 Å². The molecule has 0 radical (unpaired) electrons. The second kappa shape index (κ2) is 6.53. The number of nitrogens with zero attached hydrogens (tertiary/aromatic N) is 2. The SMILES string of the molecule is CCNC(CC)Cc1nc(COC)no1. The predicted octanol–water partition coefficient (Wildman–Crippen LogP) is 1.15. The summed E-state index contributed by atoms with van der Waals surface area (Å²) in [6, 6.07) is 0.408. The van der Waals surface area contributed by atoms with E-state index in [0.717, 1.165) is 19.4 Å². The highest BCUT2D eigenvalue weighted by Gasteiger charge is 2.11. The molecule has 0 amide bonds. The quantitative estimate of drug-likeness (QED) is 0.736. The average molecular weight is 213 g/mol. The summed E-state index contributed by atoms with van der Waals surface area (Å²) in [5.41, 5.74) is 0. The maximum atomic E-state index is 5.11. The van der Waals surface area contributed by atoms with Gasteiger partial charge in [0, 0.05) is 19.6 Å². The van der Waals surface area contributed by atoms with Crippen LogP contribution < -0.4 is 5.32 Å². The fraction of sp³-hybridized carbons (Fsp3) is 0.800. The van der Waals surface area contributed by atoms with E-state index in [0.29, 0.717) is 24.4 Å². The summed E-state index contributed by atoms with van der Waals surface area (Å²) < 4.78 is 10.0. The van der Waals surface area contributed by atoms with Crippen molar-refractivity contribution >= 4 is 0 Å². The molecule has 0 bridgehead atoms. The van der Waals surface area contributed by atoms with Crippen molar-refractivity contribution in [2.75, 3.05) is 13.7 Å². The van der Waals surface area contributed by atoms with E-state index in [4.69, 9.17) is 9.26 Å². The molecule has 0 aliphatic rings. The lowest BCUT2D eigenvalue weighted by molar-refractivity contribution is 0.174. The fourth-order valence-electron chi connectivity index (χ4n) is 1.42. The van der Waals surface area contributed by atoms with E-state index in [-0.39, 0.29) is 0 Å². The van der Waals surface area contributed by atoms with E-state index in [2.05, 4.69) is 29.3 Å². The molecular weight excluding hydrogens is 194 g/mol. The van der Waals surface area contributed by atoms with Crippen LogP contribution in [-0.2, 0) is 17.8 Å². The van der Waals surface area contributed by atoms with Crippen LogP contribution in [0.4, 0.5) is 0 Å². The lowest BCUT2D eigenvalue weighted by atomic mass is 10.1. The van der Waals surface area contributed by atoms with Crippen LogP contribution in [0.15, 0.2) is 4.52 Å². The first kappa shape index (κ1) is 12.1. The molecule has 0 aliphatic heterocycles. The van der Waals surface area contributed by atoms with Crippen LogP contribution in [0, 0.1) is 0 Å². The van der Waals surface area contributed by atoms with Gasteiger partial charge in [-0.3, -0.25) is 0 Å². The van der Waals surface area contributed by atoms with E-state index >= 15 is 0 Å². The molecule has 1 heterocycles. The molecule has 1 atom stereocenters. The molecule has 1 unspecified atom stereocenters. The minimum Gasteiger partial charge on any atom is -0.377 e. The van der Waals surface area contributed by atoms with Crippen molar-refractivity contribution in [1.82, 2.24) is 15.5 Å². The lowest BCUT2D eigenvalue weighted by Gasteiger charge is -2.12. The standard InChI is InChI=1S/C10H19N3O2/c1-4-8(11-5-2)6-10-12-9(7-14-3)13-15-10/h8,11H,4-7H2,1-3H3. The fourth-order valence-corrected chi connectivity index (χ4v) is 1.42. The molecule has 15 heavy (non-hydrogen) atoms. The zero-order valence-electron chi connectivity index (χ0n) is 9.62. The molecular formula is C10H19N3O2. The number of nitrogens with one attached hydrogen (secondary N) is 1. The van der Waals surface area contributed by atoms with Gasteiger partial charge in [0.05, 0.1) is 0 Å². The van der Waals surface area contributed by atoms with Crippen LogP contribution in [-0.4, -0.2) is 29.8 Å². The van der Waals surface area contributed by atoms with Gasteiger partial charge in [-0.25, -0.2) is 0 Å². The van der Waals surface area contributed by atoms with Gasteiger partial charge in [0.15, 0.2) is 5.82 Å². The summed E-state index contributed by atoms with van der Waals surface area (Å²) in [4.78, 5) is 4.23. The molecule has 0 aliphatic carbocycles. The van der Waals surface area contributed by atoms with Crippen LogP contribution in [0.2, 0.25) is 0 Å². The highest BCUT2D eigenvalue weighted by molar-refractivity contribution is 4.88. The number of rotatable bonds is 7. The maximum absolute atomic E-state index is 5.11. The van der Waals surface area contributed by atoms with Crippen molar-refractivity contribution in [2.24, 2.45) is 0 Å². The molecule has 86 valence electrons. The van der Waals surface area contributed by atoms with Gasteiger partial charge < -0.3 is 14.6 Å². The largest absolute Gasteiger partial charge is 0.377 e. The van der Waals surface area contributed by atoms with E-state index < -0.39 is 0 Å². The average Bonchev–Trinajstić information content (AvgIpc) is 2.66. The van der Waals surface area contributed by atoms with E-state index in [1.165, 1.54) is 0 Å². The number of methoxy groups -OCH3 is 1. The summed E-state index contributed by atoms with van der Waals surface area (Å²) in [7, 11) is 1.61. The zero-order valence-corrected chi connectivity index (χ0v) is 9.62. The second-order valence-corrected chi connectivity index (χ2v) is 3.40. The number of hydrogen-bond donors (Lipinski definition) is 1. The summed E-state index contributed by atoms with van der Waals surface area (Å²) in [5, 5.41) is 7.18. The van der Waals surface area contributed by atoms with Gasteiger partial charge in [-0.15, -0.1) is 0 Å². The minimum absolute atomic E-state index is 0.404. The third-order valence-electron chi connectivity index (χ3n) is 2.19. The molecule has 0 fully saturated rings. The first-order chi connectivity index (χ1) is 7.30. The summed E-state index contributed by atoms with van der Waals surface area (Å²) in [6.07, 6.45) is 1.83. The Labute approximate surface area is 90.2 Å². The first-order valence-corrected chi connectivity index (χ1v) is 5.33. The van der Waals surface area contributed by atoms with Gasteiger partial charge in [0.1, 0.15) is 6.61 Å². The smallest absolute Gasteiger partial charge is 0.228 e. The summed E-state index contributed by atoms with van der Waals surface area (Å²) in [5.74, 6) is 1.29. The Morgan fingerprint density at radius 1 is 1.47 bits per heavy atom. The van der Waals surface area contributed by atoms with Gasteiger partial charge in [0.2, 0.25) is 5.89 Å². The van der Waals surface area contributed by atoms with Gasteiger partial charge in [-0.2, -0.15) is 4.98 Å². The monoisotopic (exact) mass is 213 g/mol. The maximum Gasteiger partial charge on any atom is 0.228 e. The number of ether oxygens (including phenoxy) is 1. The zero-order chi connectivity index (χ0) is 11.1. The van der Waals surface area contributed by atoms with Gasteiger partial charge in [0.25, 0.3) is 0 Å². The Bertz CT molecular complexity index is 275. The van der Waals surface area contributed by atoms with E-state index in [1.54, 1.807) is 7.11 Å². The summed E-state index contributed by atoms with van der Waals surface area (Å²) in [6.45, 7) is 5.59. The molecule has 5 nitrogen and oxygen atoms in total. The highest BCUT2D eigenvalue weighted by atomic mass is 16.5. The van der Waals surface area contributed by atoms with Crippen LogP contribution in [0.5, 0.6) is 0 Å². The topological polar surface area (TPSA) is 60.2 Å². The molecule has 5 heteroatoms. The lowest BCUT2D eigenvalue weighted by Crippen LogP contribution is -2.30. The minimum atomic E-state index is 0.404. The van der Waals surface area contributed by atoms with Crippen LogP contribution >= 0.6 is 0 Å². The molecule has 1 N–H and O–H groups in total. The molecule has 0 spiro atoms. The number of hydrogen-bond acceptors (Lipinski definition) is 5. The van der Waals surface area contributed by atoms with Crippen LogP contribution in [0.25, 0.3) is 0 Å². The highest BCUT2D eigenvalue weighted by Crippen LogP contribution is 2.04. The molecule has 0 aromatic carbocycles. The van der Waals surface area contributed by atoms with Crippen molar-refractivity contribution in [2.45, 2.75) is 39.3 Å².